The van der Waals surface area contributed by atoms with Gasteiger partial charge in [-0.15, -0.1) is 0 Å². The first-order valence-electron chi connectivity index (χ1n) is 7.47. The summed E-state index contributed by atoms with van der Waals surface area (Å²) < 4.78 is 0. The van der Waals surface area contributed by atoms with Gasteiger partial charge < -0.3 is 10.4 Å². The Balaban J connectivity index is 2.46. The first-order valence-corrected chi connectivity index (χ1v) is 7.47. The second kappa shape index (κ2) is 9.80. The maximum absolute atomic E-state index is 12.2. The van der Waals surface area contributed by atoms with Crippen LogP contribution < -0.4 is 10.2 Å². The summed E-state index contributed by atoms with van der Waals surface area (Å²) in [6, 6.07) is 9.46. The SMILES string of the molecule is CCCCN(C(=O)NCCCCC(=O)O)c1ccccc1. The molecule has 0 aliphatic heterocycles. The van der Waals surface area contributed by atoms with Gasteiger partial charge >= 0.3 is 12.0 Å². The molecule has 0 fully saturated rings. The highest BCUT2D eigenvalue weighted by Gasteiger charge is 2.14. The molecule has 1 aromatic carbocycles. The van der Waals surface area contributed by atoms with Gasteiger partial charge in [0.25, 0.3) is 0 Å². The van der Waals surface area contributed by atoms with Crippen molar-refractivity contribution in [1.29, 1.82) is 0 Å². The van der Waals surface area contributed by atoms with Crippen LogP contribution in [-0.2, 0) is 4.79 Å². The van der Waals surface area contributed by atoms with Crippen molar-refractivity contribution in [3.8, 4) is 0 Å². The van der Waals surface area contributed by atoms with E-state index in [4.69, 9.17) is 5.11 Å². The van der Waals surface area contributed by atoms with E-state index in [1.165, 1.54) is 0 Å². The summed E-state index contributed by atoms with van der Waals surface area (Å²) >= 11 is 0. The predicted octanol–water partition coefficient (Wildman–Crippen LogP) is 3.26. The highest BCUT2D eigenvalue weighted by atomic mass is 16.4. The first-order chi connectivity index (χ1) is 10.1. The minimum Gasteiger partial charge on any atom is -0.481 e. The Bertz CT molecular complexity index is 434. The average Bonchev–Trinajstić information content (AvgIpc) is 2.48. The van der Waals surface area contributed by atoms with Crippen LogP contribution in [-0.4, -0.2) is 30.2 Å². The zero-order chi connectivity index (χ0) is 15.5. The third kappa shape index (κ3) is 6.79. The van der Waals surface area contributed by atoms with E-state index in [1.54, 1.807) is 4.90 Å². The van der Waals surface area contributed by atoms with Gasteiger partial charge in [-0.1, -0.05) is 31.5 Å². The van der Waals surface area contributed by atoms with E-state index in [9.17, 15) is 9.59 Å². The fourth-order valence-corrected chi connectivity index (χ4v) is 1.96. The van der Waals surface area contributed by atoms with Gasteiger partial charge in [0, 0.05) is 25.2 Å². The lowest BCUT2D eigenvalue weighted by molar-refractivity contribution is -0.137. The summed E-state index contributed by atoms with van der Waals surface area (Å²) in [7, 11) is 0. The van der Waals surface area contributed by atoms with E-state index >= 15 is 0 Å². The third-order valence-electron chi connectivity index (χ3n) is 3.14. The number of carboxylic acid groups (broad SMARTS) is 1. The third-order valence-corrected chi connectivity index (χ3v) is 3.14. The number of para-hydroxylation sites is 1. The van der Waals surface area contributed by atoms with Crippen molar-refractivity contribution in [2.24, 2.45) is 0 Å². The Kier molecular flexibility index (Phi) is 7.94. The van der Waals surface area contributed by atoms with Crippen LogP contribution >= 0.6 is 0 Å². The van der Waals surface area contributed by atoms with Crippen LogP contribution in [0.15, 0.2) is 30.3 Å². The number of rotatable bonds is 9. The van der Waals surface area contributed by atoms with Gasteiger partial charge in [-0.2, -0.15) is 0 Å². The van der Waals surface area contributed by atoms with Crippen molar-refractivity contribution >= 4 is 17.7 Å². The van der Waals surface area contributed by atoms with Crippen LogP contribution in [0.3, 0.4) is 0 Å². The molecule has 2 amide bonds. The predicted molar refractivity (Wildman–Crippen MR) is 83.6 cm³/mol. The normalized spacial score (nSPS) is 10.1. The number of unbranched alkanes of at least 4 members (excludes halogenated alkanes) is 2. The second-order valence-corrected chi connectivity index (χ2v) is 4.92. The number of benzene rings is 1. The van der Waals surface area contributed by atoms with Crippen LogP contribution in [0.1, 0.15) is 39.0 Å². The highest BCUT2D eigenvalue weighted by molar-refractivity contribution is 5.91. The molecule has 0 heterocycles. The highest BCUT2D eigenvalue weighted by Crippen LogP contribution is 2.14. The molecular weight excluding hydrogens is 268 g/mol. The molecular formula is C16H24N2O3. The van der Waals surface area contributed by atoms with Gasteiger partial charge in [-0.25, -0.2) is 4.79 Å². The van der Waals surface area contributed by atoms with Crippen LogP contribution in [0.4, 0.5) is 10.5 Å². The molecule has 0 atom stereocenters. The summed E-state index contributed by atoms with van der Waals surface area (Å²) in [6.45, 7) is 3.27. The maximum Gasteiger partial charge on any atom is 0.321 e. The molecule has 0 aromatic heterocycles. The summed E-state index contributed by atoms with van der Waals surface area (Å²) in [5.41, 5.74) is 0.883. The fraction of sp³-hybridized carbons (Fsp3) is 0.500. The summed E-state index contributed by atoms with van der Waals surface area (Å²) in [5, 5.41) is 11.4. The molecule has 5 heteroatoms. The quantitative estimate of drug-likeness (QED) is 0.686. The van der Waals surface area contributed by atoms with Crippen molar-refractivity contribution in [3.05, 3.63) is 30.3 Å². The molecule has 0 saturated carbocycles. The van der Waals surface area contributed by atoms with Gasteiger partial charge in [0.1, 0.15) is 0 Å². The number of anilines is 1. The standard InChI is InChI=1S/C16H24N2O3/c1-2-3-13-18(14-9-5-4-6-10-14)16(21)17-12-8-7-11-15(19)20/h4-6,9-10H,2-3,7-8,11-13H2,1H3,(H,17,21)(H,19,20). The Labute approximate surface area is 126 Å². The van der Waals surface area contributed by atoms with E-state index in [1.807, 2.05) is 30.3 Å². The number of hydrogen-bond donors (Lipinski definition) is 2. The Morgan fingerprint density at radius 1 is 1.14 bits per heavy atom. The van der Waals surface area contributed by atoms with Gasteiger partial charge in [0.2, 0.25) is 0 Å². The molecule has 21 heavy (non-hydrogen) atoms. The van der Waals surface area contributed by atoms with Gasteiger partial charge in [-0.3, -0.25) is 9.69 Å². The minimum absolute atomic E-state index is 0.120. The summed E-state index contributed by atoms with van der Waals surface area (Å²) in [5.74, 6) is -0.796. The number of amides is 2. The van der Waals surface area contributed by atoms with E-state index in [-0.39, 0.29) is 12.5 Å². The van der Waals surface area contributed by atoms with E-state index < -0.39 is 5.97 Å². The van der Waals surface area contributed by atoms with Gasteiger partial charge in [-0.05, 0) is 31.4 Å². The van der Waals surface area contributed by atoms with Crippen LogP contribution in [0.5, 0.6) is 0 Å². The monoisotopic (exact) mass is 292 g/mol. The van der Waals surface area contributed by atoms with Crippen molar-refractivity contribution < 1.29 is 14.7 Å². The lowest BCUT2D eigenvalue weighted by Gasteiger charge is -2.23. The smallest absolute Gasteiger partial charge is 0.321 e. The van der Waals surface area contributed by atoms with Crippen LogP contribution in [0.2, 0.25) is 0 Å². The van der Waals surface area contributed by atoms with Crippen molar-refractivity contribution in [2.75, 3.05) is 18.0 Å². The van der Waals surface area contributed by atoms with Crippen molar-refractivity contribution in [1.82, 2.24) is 5.32 Å². The minimum atomic E-state index is -0.796. The summed E-state index contributed by atoms with van der Waals surface area (Å²) in [4.78, 5) is 24.4. The largest absolute Gasteiger partial charge is 0.481 e. The number of urea groups is 1. The molecule has 0 unspecified atom stereocenters. The number of carboxylic acids is 1. The van der Waals surface area contributed by atoms with Crippen LogP contribution in [0, 0.1) is 0 Å². The van der Waals surface area contributed by atoms with Crippen LogP contribution in [0.25, 0.3) is 0 Å². The number of nitrogens with zero attached hydrogens (tertiary/aromatic N) is 1. The molecule has 1 aromatic rings. The fourth-order valence-electron chi connectivity index (χ4n) is 1.96. The first kappa shape index (κ1) is 17.0. The molecule has 0 aliphatic carbocycles. The second-order valence-electron chi connectivity index (χ2n) is 4.92. The molecule has 2 N–H and O–H groups in total. The van der Waals surface area contributed by atoms with Crippen molar-refractivity contribution in [2.45, 2.75) is 39.0 Å². The molecule has 0 saturated heterocycles. The van der Waals surface area contributed by atoms with E-state index in [0.717, 1.165) is 18.5 Å². The number of aliphatic carboxylic acids is 1. The van der Waals surface area contributed by atoms with E-state index in [2.05, 4.69) is 12.2 Å². The molecule has 0 spiro atoms. The molecule has 0 bridgehead atoms. The number of hydrogen-bond acceptors (Lipinski definition) is 2. The lowest BCUT2D eigenvalue weighted by atomic mass is 10.2. The number of carbonyl (C=O) groups is 2. The molecule has 1 rings (SSSR count). The topological polar surface area (TPSA) is 69.6 Å². The Morgan fingerprint density at radius 2 is 1.86 bits per heavy atom. The summed E-state index contributed by atoms with van der Waals surface area (Å²) in [6.07, 6.45) is 3.37. The Hall–Kier alpha value is -2.04. The number of carbonyl (C=O) groups excluding carboxylic acids is 1. The zero-order valence-electron chi connectivity index (χ0n) is 12.5. The van der Waals surface area contributed by atoms with E-state index in [0.29, 0.717) is 25.9 Å². The average molecular weight is 292 g/mol. The Morgan fingerprint density at radius 3 is 2.48 bits per heavy atom. The van der Waals surface area contributed by atoms with Gasteiger partial charge in [0.05, 0.1) is 0 Å². The molecule has 5 nitrogen and oxygen atoms in total. The van der Waals surface area contributed by atoms with Gasteiger partial charge in [0.15, 0.2) is 0 Å². The lowest BCUT2D eigenvalue weighted by Crippen LogP contribution is -2.41. The zero-order valence-corrected chi connectivity index (χ0v) is 12.5. The molecule has 116 valence electrons. The maximum atomic E-state index is 12.2. The number of nitrogens with one attached hydrogen (secondary N) is 1. The van der Waals surface area contributed by atoms with Crippen molar-refractivity contribution in [3.63, 3.8) is 0 Å². The molecule has 0 radical (unpaired) electrons. The molecule has 0 aliphatic rings.